The monoisotopic (exact) mass is 771 g/mol. The average Bonchev–Trinajstić information content (AvgIpc) is 3.80. The SMILES string of the molecule is C=CCCC(=O)N[C@@H](COC)[C@@H](OC(=O)[C@@H]1[C@H]2C(=O)N([C@@H](CO)Cc3ccccc3)[C@H](C(=O)N(CC=C)C(C)(C)CC(C)(C)C)[C@]23CC[C@H]1O3)c1ccccc1. The van der Waals surface area contributed by atoms with Gasteiger partial charge in [-0.05, 0) is 62.5 Å². The minimum atomic E-state index is -1.34. The van der Waals surface area contributed by atoms with Crippen LogP contribution in [0, 0.1) is 17.3 Å². The number of hydrogen-bond acceptors (Lipinski definition) is 8. The van der Waals surface area contributed by atoms with Crippen LogP contribution >= 0.6 is 0 Å². The van der Waals surface area contributed by atoms with Crippen LogP contribution in [0.2, 0.25) is 0 Å². The van der Waals surface area contributed by atoms with E-state index in [1.165, 1.54) is 12.0 Å². The molecule has 56 heavy (non-hydrogen) atoms. The predicted molar refractivity (Wildman–Crippen MR) is 214 cm³/mol. The number of nitrogens with zero attached hydrogens (tertiary/aromatic N) is 2. The van der Waals surface area contributed by atoms with Gasteiger partial charge in [0, 0.05) is 25.6 Å². The zero-order valence-electron chi connectivity index (χ0n) is 33.9. The van der Waals surface area contributed by atoms with E-state index in [2.05, 4.69) is 39.2 Å². The van der Waals surface area contributed by atoms with Crippen molar-refractivity contribution in [2.45, 2.75) is 115 Å². The molecule has 11 heteroatoms. The highest BCUT2D eigenvalue weighted by Gasteiger charge is 2.76. The molecule has 304 valence electrons. The number of amides is 3. The Balaban J connectivity index is 1.56. The van der Waals surface area contributed by atoms with Crippen molar-refractivity contribution >= 4 is 23.7 Å². The summed E-state index contributed by atoms with van der Waals surface area (Å²) >= 11 is 0. The second-order valence-electron chi connectivity index (χ2n) is 17.3. The van der Waals surface area contributed by atoms with Gasteiger partial charge < -0.3 is 34.4 Å². The third kappa shape index (κ3) is 8.95. The third-order valence-electron chi connectivity index (χ3n) is 11.4. The van der Waals surface area contributed by atoms with Gasteiger partial charge in [0.2, 0.25) is 17.7 Å². The van der Waals surface area contributed by atoms with Crippen molar-refractivity contribution in [1.29, 1.82) is 0 Å². The number of fused-ring (bicyclic) bond motifs is 1. The van der Waals surface area contributed by atoms with Crippen LogP contribution in [-0.4, -0.2) is 101 Å². The molecule has 3 heterocycles. The van der Waals surface area contributed by atoms with Gasteiger partial charge in [0.25, 0.3) is 0 Å². The van der Waals surface area contributed by atoms with Crippen molar-refractivity contribution in [2.24, 2.45) is 17.3 Å². The van der Waals surface area contributed by atoms with Crippen molar-refractivity contribution < 1.29 is 38.5 Å². The first kappa shape index (κ1) is 42.8. The van der Waals surface area contributed by atoms with Gasteiger partial charge in [-0.3, -0.25) is 19.2 Å². The number of nitrogens with one attached hydrogen (secondary N) is 1. The van der Waals surface area contributed by atoms with E-state index < -0.39 is 71.8 Å². The Hall–Kier alpha value is -4.32. The van der Waals surface area contributed by atoms with E-state index in [4.69, 9.17) is 14.2 Å². The lowest BCUT2D eigenvalue weighted by atomic mass is 9.70. The van der Waals surface area contributed by atoms with E-state index in [1.54, 1.807) is 17.1 Å². The number of aliphatic hydroxyl groups excluding tert-OH is 1. The van der Waals surface area contributed by atoms with Gasteiger partial charge in [-0.25, -0.2) is 0 Å². The number of hydrogen-bond donors (Lipinski definition) is 2. The van der Waals surface area contributed by atoms with Crippen LogP contribution in [0.25, 0.3) is 0 Å². The molecule has 0 aromatic heterocycles. The maximum atomic E-state index is 15.3. The molecular weight excluding hydrogens is 711 g/mol. The molecule has 1 spiro atoms. The highest BCUT2D eigenvalue weighted by molar-refractivity contribution is 5.98. The van der Waals surface area contributed by atoms with Gasteiger partial charge in [0.15, 0.2) is 0 Å². The summed E-state index contributed by atoms with van der Waals surface area (Å²) in [7, 11) is 1.51. The molecule has 3 aliphatic heterocycles. The van der Waals surface area contributed by atoms with Crippen molar-refractivity contribution in [2.75, 3.05) is 26.9 Å². The zero-order chi connectivity index (χ0) is 40.8. The maximum absolute atomic E-state index is 15.3. The molecule has 0 radical (unpaired) electrons. The van der Waals surface area contributed by atoms with Gasteiger partial charge in [-0.15, -0.1) is 13.2 Å². The molecule has 2 bridgehead atoms. The van der Waals surface area contributed by atoms with Crippen molar-refractivity contribution in [1.82, 2.24) is 15.1 Å². The molecule has 5 rings (SSSR count). The Bertz CT molecular complexity index is 1710. The Morgan fingerprint density at radius 1 is 1.05 bits per heavy atom. The Labute approximate surface area is 332 Å². The second kappa shape index (κ2) is 17.9. The fourth-order valence-electron chi connectivity index (χ4n) is 9.60. The fourth-order valence-corrected chi connectivity index (χ4v) is 9.60. The molecule has 11 nitrogen and oxygen atoms in total. The standard InChI is InChI=1S/C45H61N3O8/c1-9-11-22-35(50)46-33(28-54-8)38(31-20-16-13-17-21-31)55-42(53)36-34-23-24-45(56-34)37(36)40(51)48(32(27-49)26-30-18-14-12-15-19-30)39(45)41(52)47(25-10-2)44(6,7)29-43(3,4)5/h9-10,12-21,32-34,36-39,49H,1-2,11,22-29H2,3-8H3,(H,46,50)/t32-,33+,34-,36+,37+,38+,39-,45+/m1/s1. The Morgan fingerprint density at radius 2 is 1.71 bits per heavy atom. The van der Waals surface area contributed by atoms with Gasteiger partial charge in [0.1, 0.15) is 17.7 Å². The van der Waals surface area contributed by atoms with Crippen LogP contribution in [0.1, 0.15) is 84.0 Å². The molecule has 3 fully saturated rings. The molecule has 0 unspecified atom stereocenters. The minimum absolute atomic E-state index is 0.0507. The molecule has 3 saturated heterocycles. The van der Waals surface area contributed by atoms with Crippen molar-refractivity contribution in [3.8, 4) is 0 Å². The maximum Gasteiger partial charge on any atom is 0.313 e. The van der Waals surface area contributed by atoms with Crippen LogP contribution < -0.4 is 5.32 Å². The van der Waals surface area contributed by atoms with E-state index in [0.29, 0.717) is 37.7 Å². The van der Waals surface area contributed by atoms with Crippen LogP contribution in [0.3, 0.4) is 0 Å². The number of allylic oxidation sites excluding steroid dienone is 1. The molecule has 8 atom stereocenters. The first-order valence-corrected chi connectivity index (χ1v) is 19.8. The van der Waals surface area contributed by atoms with E-state index in [-0.39, 0.29) is 36.8 Å². The summed E-state index contributed by atoms with van der Waals surface area (Å²) in [6.45, 7) is 18.0. The smallest absolute Gasteiger partial charge is 0.313 e. The summed E-state index contributed by atoms with van der Waals surface area (Å²) in [5, 5.41) is 14.0. The molecule has 2 N–H and O–H groups in total. The third-order valence-corrected chi connectivity index (χ3v) is 11.4. The number of rotatable bonds is 19. The van der Waals surface area contributed by atoms with Crippen LogP contribution in [0.15, 0.2) is 86.0 Å². The summed E-state index contributed by atoms with van der Waals surface area (Å²) in [6.07, 6.45) is 4.16. The van der Waals surface area contributed by atoms with Crippen LogP contribution in [-0.2, 0) is 39.8 Å². The number of likely N-dealkylation sites (tertiary alicyclic amines) is 1. The van der Waals surface area contributed by atoms with Gasteiger partial charge in [-0.1, -0.05) is 93.6 Å². The van der Waals surface area contributed by atoms with Gasteiger partial charge in [0.05, 0.1) is 43.2 Å². The summed E-state index contributed by atoms with van der Waals surface area (Å²) < 4.78 is 18.7. The number of carbonyl (C=O) groups excluding carboxylic acids is 4. The number of esters is 1. The van der Waals surface area contributed by atoms with Crippen LogP contribution in [0.4, 0.5) is 0 Å². The predicted octanol–water partition coefficient (Wildman–Crippen LogP) is 5.58. The summed E-state index contributed by atoms with van der Waals surface area (Å²) in [5.41, 5.74) is -0.582. The Kier molecular flexibility index (Phi) is 13.7. The first-order chi connectivity index (χ1) is 26.6. The molecule has 3 aliphatic rings. The number of aliphatic hydroxyl groups is 1. The van der Waals surface area contributed by atoms with Gasteiger partial charge in [-0.2, -0.15) is 0 Å². The molecule has 2 aromatic rings. The molecular formula is C45H61N3O8. The van der Waals surface area contributed by atoms with E-state index >= 15 is 9.59 Å². The zero-order valence-corrected chi connectivity index (χ0v) is 33.9. The van der Waals surface area contributed by atoms with Gasteiger partial charge >= 0.3 is 5.97 Å². The summed E-state index contributed by atoms with van der Waals surface area (Å²) in [6, 6.07) is 16.0. The highest BCUT2D eigenvalue weighted by Crippen LogP contribution is 2.59. The van der Waals surface area contributed by atoms with Crippen LogP contribution in [0.5, 0.6) is 0 Å². The largest absolute Gasteiger partial charge is 0.455 e. The van der Waals surface area contributed by atoms with E-state index in [0.717, 1.165) is 5.56 Å². The lowest BCUT2D eigenvalue weighted by Gasteiger charge is -2.46. The minimum Gasteiger partial charge on any atom is -0.455 e. The van der Waals surface area contributed by atoms with Crippen molar-refractivity contribution in [3.63, 3.8) is 0 Å². The summed E-state index contributed by atoms with van der Waals surface area (Å²) in [5.74, 6) is -3.70. The number of carbonyl (C=O) groups is 4. The second-order valence-corrected chi connectivity index (χ2v) is 17.3. The fraction of sp³-hybridized carbons (Fsp3) is 0.556. The lowest BCUT2D eigenvalue weighted by molar-refractivity contribution is -0.164. The molecule has 0 aliphatic carbocycles. The molecule has 3 amide bonds. The summed E-state index contributed by atoms with van der Waals surface area (Å²) in [4.78, 5) is 61.5. The molecule has 2 aromatic carbocycles. The quantitative estimate of drug-likeness (QED) is 0.140. The number of ether oxygens (including phenoxy) is 3. The van der Waals surface area contributed by atoms with E-state index in [1.807, 2.05) is 74.5 Å². The first-order valence-electron chi connectivity index (χ1n) is 19.8. The Morgan fingerprint density at radius 3 is 2.30 bits per heavy atom. The normalized spacial score (nSPS) is 24.6. The average molecular weight is 772 g/mol. The number of methoxy groups -OCH3 is 1. The number of benzene rings is 2. The highest BCUT2D eigenvalue weighted by atomic mass is 16.6. The van der Waals surface area contributed by atoms with Crippen molar-refractivity contribution in [3.05, 3.63) is 97.1 Å². The topological polar surface area (TPSA) is 135 Å². The molecule has 0 saturated carbocycles. The van der Waals surface area contributed by atoms with E-state index in [9.17, 15) is 14.7 Å². The lowest BCUT2D eigenvalue weighted by Crippen LogP contribution is -2.62.